The summed E-state index contributed by atoms with van der Waals surface area (Å²) in [4.78, 5) is 60.1. The van der Waals surface area contributed by atoms with Gasteiger partial charge in [-0.3, -0.25) is 9.69 Å². The van der Waals surface area contributed by atoms with Crippen molar-refractivity contribution >= 4 is 61.7 Å². The molecule has 3 N–H and O–H groups in total. The molecule has 2 unspecified atom stereocenters. The molecule has 0 spiro atoms. The Balaban J connectivity index is 1.11. The smallest absolute Gasteiger partial charge is 0.410 e. The maximum absolute atomic E-state index is 13.8. The molecule has 0 aliphatic carbocycles. The largest absolute Gasteiger partial charge is 0.453 e. The van der Waals surface area contributed by atoms with Crippen molar-refractivity contribution in [2.24, 2.45) is 11.8 Å². The zero-order valence-electron chi connectivity index (χ0n) is 35.6. The topological polar surface area (TPSA) is 155 Å². The number of aromatic nitrogens is 4. The van der Waals surface area contributed by atoms with E-state index in [2.05, 4.69) is 69.6 Å². The van der Waals surface area contributed by atoms with Gasteiger partial charge in [0.25, 0.3) is 0 Å². The number of likely N-dealkylation sites (tertiary alicyclic amines) is 2. The number of amides is 3. The van der Waals surface area contributed by atoms with Crippen LogP contribution < -0.4 is 5.32 Å². The van der Waals surface area contributed by atoms with Crippen molar-refractivity contribution in [1.82, 2.24) is 35.1 Å². The van der Waals surface area contributed by atoms with Gasteiger partial charge in [-0.1, -0.05) is 50.1 Å². The SMILES string of the molecule is CC#Cc1cc2nc([C@@H]3CCCN3C(=O)[C@@H](NC(=O)OC)C(C)C)[nH]c2c2ccc(-c3ccc4c(ccc5nc(C6CC(COC)CN6C(=O)OC(C)(C)C)[nH]c54)c3)cc12. The molecular weight excluding hydrogens is 759 g/mol. The molecule has 8 rings (SSSR count). The van der Waals surface area contributed by atoms with Gasteiger partial charge in [0.05, 0.1) is 47.9 Å². The fourth-order valence-corrected chi connectivity index (χ4v) is 8.91. The lowest BCUT2D eigenvalue weighted by Crippen LogP contribution is -2.51. The highest BCUT2D eigenvalue weighted by Gasteiger charge is 2.41. The van der Waals surface area contributed by atoms with Crippen LogP contribution in [0.4, 0.5) is 9.59 Å². The van der Waals surface area contributed by atoms with Crippen LogP contribution in [0, 0.1) is 23.7 Å². The number of imidazole rings is 2. The van der Waals surface area contributed by atoms with Crippen molar-refractivity contribution in [3.05, 3.63) is 71.8 Å². The molecule has 0 bridgehead atoms. The molecule has 312 valence electrons. The van der Waals surface area contributed by atoms with Gasteiger partial charge in [-0.15, -0.1) is 5.92 Å². The Labute approximate surface area is 349 Å². The lowest BCUT2D eigenvalue weighted by atomic mass is 9.95. The summed E-state index contributed by atoms with van der Waals surface area (Å²) in [7, 11) is 2.98. The molecule has 2 aromatic heterocycles. The normalized spacial score (nSPS) is 18.7. The minimum atomic E-state index is -0.714. The van der Waals surface area contributed by atoms with Gasteiger partial charge in [0.1, 0.15) is 23.3 Å². The molecule has 2 saturated heterocycles. The standard InChI is InChI=1S/C47H53N7O6/c1-9-11-30-23-36-41(51-42(49-36)37-12-10-19-53(37)44(55)39(26(2)3)52-45(56)59-8)33-17-14-29(22-34(30)33)28-13-16-32-31(21-28)15-18-35-40(32)50-43(48-35)38-20-27(25-58-7)24-54(38)46(57)60-47(4,5)6/h13-18,21-23,26-27,37-39H,10,12,19-20,24-25H2,1-8H3,(H,48,50)(H,49,51)(H,52,56)/t27?,37-,38?,39-/m0/s1. The summed E-state index contributed by atoms with van der Waals surface area (Å²) in [5.41, 5.74) is 5.78. The maximum atomic E-state index is 13.8. The van der Waals surface area contributed by atoms with E-state index in [-0.39, 0.29) is 35.9 Å². The zero-order valence-corrected chi connectivity index (χ0v) is 35.6. The van der Waals surface area contributed by atoms with Gasteiger partial charge in [-0.25, -0.2) is 19.6 Å². The van der Waals surface area contributed by atoms with Crippen LogP contribution >= 0.6 is 0 Å². The average molecular weight is 812 g/mol. The molecule has 2 fully saturated rings. The first kappa shape index (κ1) is 40.6. The van der Waals surface area contributed by atoms with Crippen LogP contribution in [0.3, 0.4) is 0 Å². The summed E-state index contributed by atoms with van der Waals surface area (Å²) in [5, 5.41) is 6.81. The Kier molecular flexibility index (Phi) is 10.9. The first-order valence-electron chi connectivity index (χ1n) is 20.7. The number of fused-ring (bicyclic) bond motifs is 6. The van der Waals surface area contributed by atoms with E-state index in [1.807, 2.05) is 58.6 Å². The number of carbonyl (C=O) groups is 3. The number of alkyl carbamates (subject to hydrolysis) is 1. The number of hydrogen-bond donors (Lipinski definition) is 3. The highest BCUT2D eigenvalue weighted by atomic mass is 16.6. The second-order valence-electron chi connectivity index (χ2n) is 17.3. The van der Waals surface area contributed by atoms with E-state index in [4.69, 9.17) is 24.2 Å². The van der Waals surface area contributed by atoms with E-state index in [1.54, 1.807) is 12.0 Å². The molecular formula is C47H53N7O6. The third kappa shape index (κ3) is 7.72. The number of H-pyrrole nitrogens is 2. The van der Waals surface area contributed by atoms with Crippen LogP contribution in [0.15, 0.2) is 54.6 Å². The summed E-state index contributed by atoms with van der Waals surface area (Å²) in [5.74, 6) is 7.75. The predicted octanol–water partition coefficient (Wildman–Crippen LogP) is 8.77. The van der Waals surface area contributed by atoms with Gasteiger partial charge in [0.2, 0.25) is 5.91 Å². The molecule has 4 aromatic carbocycles. The third-order valence-electron chi connectivity index (χ3n) is 11.7. The van der Waals surface area contributed by atoms with Gasteiger partial charge < -0.3 is 34.4 Å². The number of methoxy groups -OCH3 is 2. The lowest BCUT2D eigenvalue weighted by molar-refractivity contribution is -0.135. The van der Waals surface area contributed by atoms with Crippen molar-refractivity contribution in [2.45, 2.75) is 84.5 Å². The van der Waals surface area contributed by atoms with Crippen molar-refractivity contribution in [3.8, 4) is 23.0 Å². The van der Waals surface area contributed by atoms with Gasteiger partial charge in [-0.05, 0) is 93.7 Å². The average Bonchev–Trinajstić information content (AvgIpc) is 4.04. The van der Waals surface area contributed by atoms with Crippen LogP contribution in [0.1, 0.15) is 90.1 Å². The first-order valence-corrected chi connectivity index (χ1v) is 20.7. The monoisotopic (exact) mass is 811 g/mol. The quantitative estimate of drug-likeness (QED) is 0.129. The van der Waals surface area contributed by atoms with Crippen molar-refractivity contribution in [3.63, 3.8) is 0 Å². The van der Waals surface area contributed by atoms with Crippen molar-refractivity contribution < 1.29 is 28.6 Å². The summed E-state index contributed by atoms with van der Waals surface area (Å²) in [6, 6.07) is 17.8. The van der Waals surface area contributed by atoms with Crippen LogP contribution in [-0.4, -0.2) is 93.4 Å². The molecule has 4 heterocycles. The minimum absolute atomic E-state index is 0.126. The Morgan fingerprint density at radius 1 is 0.883 bits per heavy atom. The summed E-state index contributed by atoms with van der Waals surface area (Å²) in [6.45, 7) is 12.9. The second kappa shape index (κ2) is 16.1. The van der Waals surface area contributed by atoms with E-state index in [1.165, 1.54) is 7.11 Å². The Bertz CT molecular complexity index is 2700. The van der Waals surface area contributed by atoms with Crippen molar-refractivity contribution in [1.29, 1.82) is 0 Å². The van der Waals surface area contributed by atoms with Crippen LogP contribution in [0.5, 0.6) is 0 Å². The van der Waals surface area contributed by atoms with E-state index in [0.29, 0.717) is 25.5 Å². The van der Waals surface area contributed by atoms with E-state index >= 15 is 0 Å². The second-order valence-corrected chi connectivity index (χ2v) is 17.3. The Morgan fingerprint density at radius 2 is 1.58 bits per heavy atom. The predicted molar refractivity (Wildman–Crippen MR) is 232 cm³/mol. The molecule has 6 aromatic rings. The molecule has 13 nitrogen and oxygen atoms in total. The van der Waals surface area contributed by atoms with Gasteiger partial charge in [0, 0.05) is 47.8 Å². The number of nitrogens with one attached hydrogen (secondary N) is 3. The first-order chi connectivity index (χ1) is 28.8. The van der Waals surface area contributed by atoms with Gasteiger partial charge in [0.15, 0.2) is 0 Å². The molecule has 0 radical (unpaired) electrons. The number of ether oxygens (including phenoxy) is 3. The molecule has 4 atom stereocenters. The number of carbonyl (C=O) groups excluding carboxylic acids is 3. The lowest BCUT2D eigenvalue weighted by Gasteiger charge is -2.29. The summed E-state index contributed by atoms with van der Waals surface area (Å²) >= 11 is 0. The van der Waals surface area contributed by atoms with Crippen LogP contribution in [0.2, 0.25) is 0 Å². The molecule has 2 aliphatic rings. The maximum Gasteiger partial charge on any atom is 0.410 e. The van der Waals surface area contributed by atoms with Crippen LogP contribution in [-0.2, 0) is 19.0 Å². The highest BCUT2D eigenvalue weighted by molar-refractivity contribution is 6.09. The molecule has 3 amide bonds. The fraction of sp³-hybridized carbons (Fsp3) is 0.426. The molecule has 0 saturated carbocycles. The number of benzene rings is 4. The van der Waals surface area contributed by atoms with Gasteiger partial charge >= 0.3 is 12.2 Å². The highest BCUT2D eigenvalue weighted by Crippen LogP contribution is 2.39. The summed E-state index contributed by atoms with van der Waals surface area (Å²) < 4.78 is 16.1. The number of nitrogens with zero attached hydrogens (tertiary/aromatic N) is 4. The number of rotatable bonds is 8. The van der Waals surface area contributed by atoms with E-state index in [9.17, 15) is 14.4 Å². The molecule has 2 aliphatic heterocycles. The fourth-order valence-electron chi connectivity index (χ4n) is 8.91. The van der Waals surface area contributed by atoms with Gasteiger partial charge in [-0.2, -0.15) is 0 Å². The Hall–Kier alpha value is -6.13. The molecule has 13 heteroatoms. The van der Waals surface area contributed by atoms with Crippen molar-refractivity contribution in [2.75, 3.05) is 33.9 Å². The molecule has 60 heavy (non-hydrogen) atoms. The van der Waals surface area contributed by atoms with E-state index < -0.39 is 17.7 Å². The summed E-state index contributed by atoms with van der Waals surface area (Å²) in [6.07, 6.45) is 1.33. The van der Waals surface area contributed by atoms with Crippen LogP contribution in [0.25, 0.3) is 54.7 Å². The minimum Gasteiger partial charge on any atom is -0.453 e. The number of hydrogen-bond acceptors (Lipinski definition) is 8. The zero-order chi connectivity index (χ0) is 42.5. The van der Waals surface area contributed by atoms with E-state index in [0.717, 1.165) is 85.4 Å². The third-order valence-corrected chi connectivity index (χ3v) is 11.7. The Morgan fingerprint density at radius 3 is 2.28 bits per heavy atom. The number of aromatic amines is 2.